The van der Waals surface area contributed by atoms with E-state index in [4.69, 9.17) is 23.7 Å². The first-order valence-electron chi connectivity index (χ1n) is 20.9. The molecular weight excluding hydrogens is 800 g/mol. The number of nitrogens with one attached hydrogen (secondary N) is 1. The number of amides is 1. The molecule has 3 fully saturated rings. The summed E-state index contributed by atoms with van der Waals surface area (Å²) in [6, 6.07) is 2.59. The fourth-order valence-electron chi connectivity index (χ4n) is 8.67. The van der Waals surface area contributed by atoms with Gasteiger partial charge in [-0.3, -0.25) is 19.2 Å². The molecule has 0 radical (unpaired) electrons. The summed E-state index contributed by atoms with van der Waals surface area (Å²) in [7, 11) is 5.38. The number of ether oxygens (including phenoxy) is 5. The van der Waals surface area contributed by atoms with Gasteiger partial charge in [0.2, 0.25) is 0 Å². The van der Waals surface area contributed by atoms with Crippen LogP contribution in [0.4, 0.5) is 8.68 Å². The Morgan fingerprint density at radius 2 is 1.80 bits per heavy atom. The fraction of sp³-hybridized carbons (Fsp3) is 0.780. The standard InChI is InChI=1S/C40H64N8O9.CH3FS/c1-11-32-40(7)35(48(38(52)57-40)18-13-12-17-47-23-29(44-45-47)28-15-14-16-42-43-28)27(5)41-22-24(2)21-39(6,53-10)33(20-31(49)26(4)36(51)55-32)56-37-34(50)30(46(8)9)19-25(3)54-37;1-3-2/h14-16,23-27,30,32-35,37,41,50H,11-13,17-22H2,1-10H3;1H3/t24-,25-,26-,27-,30?,32-,33-,34?,35-,37+,39+,40-;/m1./s1. The molecule has 12 atom stereocenters. The Labute approximate surface area is 358 Å². The molecule has 338 valence electrons. The molecule has 2 aromatic rings. The van der Waals surface area contributed by atoms with Crippen LogP contribution in [0.5, 0.6) is 0 Å². The van der Waals surface area contributed by atoms with Gasteiger partial charge in [0.1, 0.15) is 35.3 Å². The SMILES string of the molecule is CC[C@H]1OC(=O)[C@H](C)C(=O)C[C@@H](O[C@@H]2O[C@H](C)CC(N(C)C)C2O)[C@@](C)(OC)C[C@@H](C)CN[C@H](C)[C@H]2N(CCCCn3cc(-c4cccnn4)nn3)C(=O)O[C@]12C.CSF. The Morgan fingerprint density at radius 1 is 1.10 bits per heavy atom. The van der Waals surface area contributed by atoms with Gasteiger partial charge in [0.25, 0.3) is 0 Å². The summed E-state index contributed by atoms with van der Waals surface area (Å²) in [4.78, 5) is 45.3. The van der Waals surface area contributed by atoms with Crippen molar-refractivity contribution in [3.05, 3.63) is 24.5 Å². The number of Topliss-reactive ketones (excluding diaryl/α,β-unsaturated/α-hetero) is 1. The highest BCUT2D eigenvalue weighted by atomic mass is 32.2. The average molecular weight is 867 g/mol. The topological polar surface area (TPSA) is 193 Å². The molecule has 1 amide bonds. The van der Waals surface area contributed by atoms with E-state index in [1.165, 1.54) is 13.2 Å². The first kappa shape index (κ1) is 49.3. The van der Waals surface area contributed by atoms with Gasteiger partial charge in [0, 0.05) is 63.3 Å². The highest BCUT2D eigenvalue weighted by Crippen LogP contribution is 2.39. The monoisotopic (exact) mass is 866 g/mol. The molecular formula is C41H67FN8O9S. The minimum Gasteiger partial charge on any atom is -0.458 e. The van der Waals surface area contributed by atoms with Crippen molar-refractivity contribution >= 4 is 30.0 Å². The number of carbonyl (C=O) groups is 3. The molecule has 2 aromatic heterocycles. The van der Waals surface area contributed by atoms with Crippen LogP contribution in [0.2, 0.25) is 0 Å². The van der Waals surface area contributed by atoms with Crippen LogP contribution in [0, 0.1) is 11.8 Å². The molecule has 0 saturated carbocycles. The molecule has 0 spiro atoms. The number of aromatic nitrogens is 5. The third-order valence-corrected chi connectivity index (χ3v) is 12.1. The van der Waals surface area contributed by atoms with Gasteiger partial charge in [-0.2, -0.15) is 8.98 Å². The normalized spacial score (nSPS) is 34.5. The summed E-state index contributed by atoms with van der Waals surface area (Å²) in [5.74, 6) is -2.27. The minimum atomic E-state index is -1.22. The van der Waals surface area contributed by atoms with Gasteiger partial charge in [0.05, 0.1) is 30.0 Å². The van der Waals surface area contributed by atoms with Gasteiger partial charge in [0.15, 0.2) is 11.9 Å². The second-order valence-electron chi connectivity index (χ2n) is 17.0. The lowest BCUT2D eigenvalue weighted by Gasteiger charge is -2.45. The van der Waals surface area contributed by atoms with Crippen LogP contribution in [0.15, 0.2) is 24.5 Å². The van der Waals surface area contributed by atoms with Crippen LogP contribution in [0.25, 0.3) is 11.4 Å². The molecule has 3 aliphatic rings. The number of hydrogen-bond acceptors (Lipinski definition) is 16. The number of unbranched alkanes of at least 4 members (excludes halogenated alkanes) is 1. The number of halogens is 1. The Bertz CT molecular complexity index is 1680. The van der Waals surface area contributed by atoms with E-state index in [-0.39, 0.29) is 42.7 Å². The van der Waals surface area contributed by atoms with E-state index in [0.29, 0.717) is 63.1 Å². The number of rotatable bonds is 11. The van der Waals surface area contributed by atoms with Crippen LogP contribution in [0.1, 0.15) is 87.0 Å². The number of aliphatic hydroxyl groups is 1. The Kier molecular flexibility index (Phi) is 18.2. The van der Waals surface area contributed by atoms with E-state index in [1.807, 2.05) is 65.9 Å². The number of aliphatic hydroxyl groups excluding tert-OH is 1. The van der Waals surface area contributed by atoms with Crippen LogP contribution in [0.3, 0.4) is 0 Å². The van der Waals surface area contributed by atoms with Gasteiger partial charge < -0.3 is 39.0 Å². The number of carbonyl (C=O) groups excluding carboxylic acids is 3. The number of esters is 1. The van der Waals surface area contributed by atoms with Crippen molar-refractivity contribution in [1.82, 2.24) is 40.3 Å². The molecule has 17 nitrogen and oxygen atoms in total. The second kappa shape index (κ2) is 22.2. The zero-order chi connectivity index (χ0) is 44.4. The van der Waals surface area contributed by atoms with E-state index < -0.39 is 65.6 Å². The highest BCUT2D eigenvalue weighted by Gasteiger charge is 2.58. The largest absolute Gasteiger partial charge is 0.458 e. The van der Waals surface area contributed by atoms with Crippen molar-refractivity contribution in [3.8, 4) is 11.4 Å². The number of likely N-dealkylation sites (N-methyl/N-ethyl adjacent to an activating group) is 1. The first-order valence-corrected chi connectivity index (χ1v) is 22.0. The predicted molar refractivity (Wildman–Crippen MR) is 223 cm³/mol. The van der Waals surface area contributed by atoms with Crippen LogP contribution in [-0.4, -0.2) is 159 Å². The van der Waals surface area contributed by atoms with E-state index in [2.05, 4.69) is 32.7 Å². The van der Waals surface area contributed by atoms with Crippen molar-refractivity contribution in [2.24, 2.45) is 11.8 Å². The van der Waals surface area contributed by atoms with E-state index >= 15 is 0 Å². The number of nitrogens with zero attached hydrogens (tertiary/aromatic N) is 7. The van der Waals surface area contributed by atoms with Crippen molar-refractivity contribution < 1.29 is 47.1 Å². The Balaban J connectivity index is 0.00000257. The zero-order valence-corrected chi connectivity index (χ0v) is 37.9. The third-order valence-electron chi connectivity index (χ3n) is 12.1. The van der Waals surface area contributed by atoms with Gasteiger partial charge >= 0.3 is 12.1 Å². The summed E-state index contributed by atoms with van der Waals surface area (Å²) >= 11 is 0.250. The van der Waals surface area contributed by atoms with Crippen LogP contribution < -0.4 is 5.32 Å². The molecule has 60 heavy (non-hydrogen) atoms. The molecule has 19 heteroatoms. The maximum absolute atomic E-state index is 14.0. The molecule has 2 unspecified atom stereocenters. The van der Waals surface area contributed by atoms with Crippen molar-refractivity contribution in [1.29, 1.82) is 0 Å². The molecule has 3 aliphatic heterocycles. The van der Waals surface area contributed by atoms with Crippen molar-refractivity contribution in [2.75, 3.05) is 40.6 Å². The maximum Gasteiger partial charge on any atom is 0.410 e. The third kappa shape index (κ3) is 12.0. The van der Waals surface area contributed by atoms with Gasteiger partial charge in [-0.05, 0) is 105 Å². The Morgan fingerprint density at radius 3 is 2.43 bits per heavy atom. The lowest BCUT2D eigenvalue weighted by molar-refractivity contribution is -0.289. The van der Waals surface area contributed by atoms with Crippen molar-refractivity contribution in [3.63, 3.8) is 0 Å². The summed E-state index contributed by atoms with van der Waals surface area (Å²) in [6.45, 7) is 14.6. The molecule has 0 bridgehead atoms. The molecule has 0 aromatic carbocycles. The quantitative estimate of drug-likeness (QED) is 0.182. The molecule has 5 heterocycles. The highest BCUT2D eigenvalue weighted by molar-refractivity contribution is 7.93. The summed E-state index contributed by atoms with van der Waals surface area (Å²) in [6.07, 6.45) is 3.01. The summed E-state index contributed by atoms with van der Waals surface area (Å²) in [5.41, 5.74) is -0.978. The van der Waals surface area contributed by atoms with E-state index in [9.17, 15) is 23.4 Å². The number of aryl methyl sites for hydroxylation is 1. The lowest BCUT2D eigenvalue weighted by atomic mass is 9.83. The smallest absolute Gasteiger partial charge is 0.410 e. The molecule has 0 aliphatic carbocycles. The Hall–Kier alpha value is -3.33. The number of hydrogen-bond donors (Lipinski definition) is 2. The second-order valence-corrected chi connectivity index (χ2v) is 17.3. The van der Waals surface area contributed by atoms with Crippen molar-refractivity contribution in [2.45, 2.75) is 154 Å². The number of methoxy groups -OCH3 is 1. The first-order chi connectivity index (χ1) is 28.4. The summed E-state index contributed by atoms with van der Waals surface area (Å²) in [5, 5.41) is 31.5. The fourth-order valence-corrected chi connectivity index (χ4v) is 8.67. The van der Waals surface area contributed by atoms with E-state index in [0.717, 1.165) is 0 Å². The average Bonchev–Trinajstić information content (AvgIpc) is 3.79. The van der Waals surface area contributed by atoms with Gasteiger partial charge in [-0.1, -0.05) is 19.1 Å². The van der Waals surface area contributed by atoms with Crippen LogP contribution >= 0.6 is 12.1 Å². The van der Waals surface area contributed by atoms with E-state index in [1.54, 1.807) is 29.0 Å². The molecule has 5 rings (SSSR count). The number of fused-ring (bicyclic) bond motifs is 1. The summed E-state index contributed by atoms with van der Waals surface area (Å²) < 4.78 is 43.1. The molecule has 2 N–H and O–H groups in total. The zero-order valence-electron chi connectivity index (χ0n) is 37.1. The minimum absolute atomic E-state index is 0.00109. The maximum atomic E-state index is 14.0. The predicted octanol–water partition coefficient (Wildman–Crippen LogP) is 4.48. The van der Waals surface area contributed by atoms with Gasteiger partial charge in [-0.25, -0.2) is 4.79 Å². The molecule has 3 saturated heterocycles. The lowest BCUT2D eigenvalue weighted by Crippen LogP contribution is -2.61. The van der Waals surface area contributed by atoms with Crippen LogP contribution in [-0.2, 0) is 39.8 Å². The van der Waals surface area contributed by atoms with Gasteiger partial charge in [-0.15, -0.1) is 10.2 Å². The number of ketones is 1. The number of cyclic esters (lactones) is 1.